The molecule has 0 fully saturated rings. The highest BCUT2D eigenvalue weighted by molar-refractivity contribution is 8.11. The van der Waals surface area contributed by atoms with E-state index in [0.29, 0.717) is 0 Å². The zero-order valence-corrected chi connectivity index (χ0v) is 10.1. The van der Waals surface area contributed by atoms with Crippen LogP contribution in [0.2, 0.25) is 0 Å². The van der Waals surface area contributed by atoms with E-state index in [0.717, 1.165) is 11.8 Å². The summed E-state index contributed by atoms with van der Waals surface area (Å²) in [6.45, 7) is 3.51. The number of nitrogens with zero attached hydrogens (tertiary/aromatic N) is 1. The fourth-order valence-corrected chi connectivity index (χ4v) is 3.25. The van der Waals surface area contributed by atoms with Gasteiger partial charge in [0.25, 0.3) is 0 Å². The number of rotatable bonds is 4. The van der Waals surface area contributed by atoms with Crippen LogP contribution in [0.1, 0.15) is 5.56 Å². The van der Waals surface area contributed by atoms with Crippen LogP contribution in [-0.2, 0) is 20.0 Å². The van der Waals surface area contributed by atoms with Gasteiger partial charge in [0.1, 0.15) is 10.0 Å². The van der Waals surface area contributed by atoms with Crippen molar-refractivity contribution in [3.8, 4) is 0 Å². The molecule has 0 bridgehead atoms. The molecule has 16 heavy (non-hydrogen) atoms. The van der Waals surface area contributed by atoms with Crippen LogP contribution in [0.25, 0.3) is 10.2 Å². The van der Waals surface area contributed by atoms with E-state index in [1.54, 1.807) is 6.08 Å². The summed E-state index contributed by atoms with van der Waals surface area (Å²) in [6, 6.07) is 5.58. The van der Waals surface area contributed by atoms with Crippen LogP contribution in [0, 0.1) is 0 Å². The van der Waals surface area contributed by atoms with E-state index in [1.807, 2.05) is 0 Å². The fourth-order valence-electron chi connectivity index (χ4n) is 0.997. The molecule has 0 aliphatic carbocycles. The zero-order valence-electron chi connectivity index (χ0n) is 8.49. The molecule has 0 saturated carbocycles. The van der Waals surface area contributed by atoms with Crippen molar-refractivity contribution < 1.29 is 16.8 Å². The Morgan fingerprint density at radius 2 is 1.62 bits per heavy atom. The van der Waals surface area contributed by atoms with Gasteiger partial charge in [0.2, 0.25) is 0 Å². The lowest BCUT2D eigenvalue weighted by atomic mass is 10.2. The molecule has 0 radical (unpaired) electrons. The van der Waals surface area contributed by atoms with Crippen molar-refractivity contribution in [1.82, 2.24) is 0 Å². The molecule has 1 rings (SSSR count). The summed E-state index contributed by atoms with van der Waals surface area (Å²) >= 11 is 0. The zero-order chi connectivity index (χ0) is 12.4. The molecular weight excluding hydrogens is 250 g/mol. The molecule has 0 amide bonds. The van der Waals surface area contributed by atoms with Crippen molar-refractivity contribution >= 4 is 26.1 Å². The lowest BCUT2D eigenvalue weighted by Gasteiger charge is -2.17. The van der Waals surface area contributed by atoms with E-state index in [4.69, 9.17) is 0 Å². The summed E-state index contributed by atoms with van der Waals surface area (Å²) < 4.78 is 47.3. The van der Waals surface area contributed by atoms with Crippen molar-refractivity contribution in [3.05, 3.63) is 40.5 Å². The first-order chi connectivity index (χ1) is 7.24. The molecule has 0 aromatic heterocycles. The second kappa shape index (κ2) is 4.36. The van der Waals surface area contributed by atoms with E-state index in [9.17, 15) is 16.8 Å². The molecular formula is C9H10NO4S2-. The monoisotopic (exact) mass is 260 g/mol. The normalized spacial score (nSPS) is 12.3. The van der Waals surface area contributed by atoms with Gasteiger partial charge in [-0.25, -0.2) is 16.8 Å². The molecule has 0 saturated heterocycles. The minimum atomic E-state index is -4.14. The summed E-state index contributed by atoms with van der Waals surface area (Å²) in [6.07, 6.45) is 2.27. The molecule has 0 heterocycles. The van der Waals surface area contributed by atoms with Gasteiger partial charge in [-0.05, 0) is 17.7 Å². The van der Waals surface area contributed by atoms with Crippen LogP contribution >= 0.6 is 0 Å². The van der Waals surface area contributed by atoms with Crippen LogP contribution < -0.4 is 0 Å². The van der Waals surface area contributed by atoms with Gasteiger partial charge in [0.05, 0.1) is 10.0 Å². The lowest BCUT2D eigenvalue weighted by Crippen LogP contribution is -2.05. The van der Waals surface area contributed by atoms with Crippen molar-refractivity contribution in [2.24, 2.45) is 0 Å². The molecule has 0 spiro atoms. The van der Waals surface area contributed by atoms with Gasteiger partial charge >= 0.3 is 0 Å². The van der Waals surface area contributed by atoms with E-state index in [1.165, 1.54) is 24.3 Å². The van der Waals surface area contributed by atoms with Crippen LogP contribution in [0.4, 0.5) is 0 Å². The molecule has 0 aliphatic rings. The molecule has 7 heteroatoms. The Morgan fingerprint density at radius 1 is 1.12 bits per heavy atom. The number of benzene rings is 1. The molecule has 5 nitrogen and oxygen atoms in total. The number of hydrogen-bond donors (Lipinski definition) is 0. The lowest BCUT2D eigenvalue weighted by molar-refractivity contribution is 0.598. The molecule has 0 N–H and O–H groups in total. The highest BCUT2D eigenvalue weighted by Gasteiger charge is 2.07. The van der Waals surface area contributed by atoms with Crippen molar-refractivity contribution in [1.29, 1.82) is 0 Å². The maximum Gasteiger partial charge on any atom is 0.112 e. The number of hydrogen-bond acceptors (Lipinski definition) is 4. The second-order valence-electron chi connectivity index (χ2n) is 3.06. The summed E-state index contributed by atoms with van der Waals surface area (Å²) in [5.41, 5.74) is 0.735. The Labute approximate surface area is 94.9 Å². The minimum absolute atomic E-state index is 0.163. The first kappa shape index (κ1) is 12.9. The Kier molecular flexibility index (Phi) is 3.51. The van der Waals surface area contributed by atoms with Gasteiger partial charge in [-0.15, -0.1) is 0 Å². The summed E-state index contributed by atoms with van der Waals surface area (Å²) in [4.78, 5) is -0.163. The maximum absolute atomic E-state index is 11.5. The summed E-state index contributed by atoms with van der Waals surface area (Å²) in [7, 11) is -8.07. The predicted molar refractivity (Wildman–Crippen MR) is 61.9 cm³/mol. The molecule has 0 atom stereocenters. The minimum Gasteiger partial charge on any atom is -0.432 e. The largest absolute Gasteiger partial charge is 0.432 e. The van der Waals surface area contributed by atoms with Crippen molar-refractivity contribution in [2.45, 2.75) is 4.90 Å². The van der Waals surface area contributed by atoms with Gasteiger partial charge in [-0.3, -0.25) is 0 Å². The molecule has 1 aromatic carbocycles. The molecule has 1 aromatic rings. The van der Waals surface area contributed by atoms with Crippen LogP contribution in [0.15, 0.2) is 35.7 Å². The van der Waals surface area contributed by atoms with Crippen LogP contribution in [-0.4, -0.2) is 23.1 Å². The van der Waals surface area contributed by atoms with Gasteiger partial charge in [-0.2, -0.15) is 0 Å². The topological polar surface area (TPSA) is 82.4 Å². The van der Waals surface area contributed by atoms with E-state index >= 15 is 0 Å². The molecule has 0 unspecified atom stereocenters. The SMILES string of the molecule is C=Cc1ccc(S(=O)(=O)[N-]S(C)(=O)=O)cc1. The predicted octanol–water partition coefficient (Wildman–Crippen LogP) is 1.35. The van der Waals surface area contributed by atoms with Gasteiger partial charge < -0.3 is 4.13 Å². The fraction of sp³-hybridized carbons (Fsp3) is 0.111. The third-order valence-electron chi connectivity index (χ3n) is 1.65. The van der Waals surface area contributed by atoms with Gasteiger partial charge in [0, 0.05) is 11.2 Å². The quantitative estimate of drug-likeness (QED) is 0.818. The van der Waals surface area contributed by atoms with Crippen molar-refractivity contribution in [3.63, 3.8) is 0 Å². The van der Waals surface area contributed by atoms with Crippen molar-refractivity contribution in [2.75, 3.05) is 6.26 Å². The Balaban J connectivity index is 3.13. The van der Waals surface area contributed by atoms with E-state index in [2.05, 4.69) is 10.7 Å². The molecule has 88 valence electrons. The highest BCUT2D eigenvalue weighted by atomic mass is 32.3. The van der Waals surface area contributed by atoms with E-state index in [-0.39, 0.29) is 4.90 Å². The summed E-state index contributed by atoms with van der Waals surface area (Å²) in [5.74, 6) is 0. The third-order valence-corrected chi connectivity index (χ3v) is 4.38. The van der Waals surface area contributed by atoms with Gasteiger partial charge in [-0.1, -0.05) is 24.8 Å². The standard InChI is InChI=1S/C9H10NO4S2/c1-3-8-4-6-9(7-5-8)16(13,14)10-15(2,11)12/h3-7H,1H2,2H3/q-1. The first-order valence-electron chi connectivity index (χ1n) is 4.16. The van der Waals surface area contributed by atoms with Crippen LogP contribution in [0.3, 0.4) is 0 Å². The Morgan fingerprint density at radius 3 is 2.00 bits per heavy atom. The van der Waals surface area contributed by atoms with Crippen LogP contribution in [0.5, 0.6) is 0 Å². The highest BCUT2D eigenvalue weighted by Crippen LogP contribution is 2.20. The third kappa shape index (κ3) is 3.44. The summed E-state index contributed by atoms with van der Waals surface area (Å²) in [5, 5.41) is 0. The average Bonchev–Trinajstić information content (AvgIpc) is 2.14. The Bertz CT molecular complexity index is 585. The smallest absolute Gasteiger partial charge is 0.112 e. The Hall–Kier alpha value is -1.18. The van der Waals surface area contributed by atoms with Gasteiger partial charge in [0.15, 0.2) is 0 Å². The average molecular weight is 260 g/mol. The maximum atomic E-state index is 11.5. The van der Waals surface area contributed by atoms with E-state index < -0.39 is 20.0 Å². The molecule has 0 aliphatic heterocycles. The number of sulfonamides is 2. The second-order valence-corrected chi connectivity index (χ2v) is 6.54. The first-order valence-corrected chi connectivity index (χ1v) is 7.45.